The van der Waals surface area contributed by atoms with Crippen LogP contribution in [-0.2, 0) is 15.8 Å². The van der Waals surface area contributed by atoms with E-state index >= 15 is 0 Å². The van der Waals surface area contributed by atoms with Crippen LogP contribution in [0.15, 0.2) is 40.2 Å². The minimum absolute atomic E-state index is 0.166. The summed E-state index contributed by atoms with van der Waals surface area (Å²) in [5, 5.41) is 2.85. The van der Waals surface area contributed by atoms with Crippen LogP contribution in [0.2, 0.25) is 0 Å². The second-order valence-electron chi connectivity index (χ2n) is 4.97. The van der Waals surface area contributed by atoms with Crippen molar-refractivity contribution in [2.24, 2.45) is 0 Å². The highest BCUT2D eigenvalue weighted by Gasteiger charge is 2.06. The third kappa shape index (κ3) is 6.84. The van der Waals surface area contributed by atoms with E-state index in [2.05, 4.69) is 32.0 Å². The Hall–Kier alpha value is -1.03. The average molecular weight is 449 g/mol. The average Bonchev–Trinajstić information content (AvgIpc) is 2.91. The highest BCUT2D eigenvalue weighted by Crippen LogP contribution is 2.25. The molecule has 0 unspecified atom stereocenters. The molecular formula is C15H17BrN2O3S3. The van der Waals surface area contributed by atoms with Gasteiger partial charge in [0.1, 0.15) is 0 Å². The topological polar surface area (TPSA) is 75.3 Å². The summed E-state index contributed by atoms with van der Waals surface area (Å²) in [6.07, 6.45) is 1.08. The van der Waals surface area contributed by atoms with Gasteiger partial charge in [-0.1, -0.05) is 0 Å². The van der Waals surface area contributed by atoms with Crippen LogP contribution in [0.1, 0.15) is 15.2 Å². The van der Waals surface area contributed by atoms with Gasteiger partial charge in [0.25, 0.3) is 5.91 Å². The van der Waals surface area contributed by atoms with E-state index in [9.17, 15) is 13.2 Å². The van der Waals surface area contributed by atoms with Gasteiger partial charge in [-0.25, -0.2) is 8.42 Å². The van der Waals surface area contributed by atoms with Gasteiger partial charge in [-0.2, -0.15) is 11.8 Å². The first-order valence-corrected chi connectivity index (χ1v) is 11.7. The number of carbonyl (C=O) groups excluding carboxylic acids is 1. The number of sulfonamides is 1. The molecule has 1 aromatic carbocycles. The van der Waals surface area contributed by atoms with E-state index in [0.29, 0.717) is 17.8 Å². The second kappa shape index (κ2) is 8.89. The molecule has 24 heavy (non-hydrogen) atoms. The Balaban J connectivity index is 1.72. The number of nitrogens with one attached hydrogen (secondary N) is 2. The first-order chi connectivity index (χ1) is 11.3. The van der Waals surface area contributed by atoms with Gasteiger partial charge in [-0.3, -0.25) is 9.52 Å². The molecule has 1 amide bonds. The minimum atomic E-state index is -3.31. The van der Waals surface area contributed by atoms with Gasteiger partial charge in [0.05, 0.1) is 10.0 Å². The zero-order valence-corrected chi connectivity index (χ0v) is 16.9. The molecule has 1 heterocycles. The summed E-state index contributed by atoms with van der Waals surface area (Å²) in [4.78, 5) is 13.3. The van der Waals surface area contributed by atoms with Crippen LogP contribution in [0, 0.1) is 0 Å². The molecule has 2 aromatic rings. The van der Waals surface area contributed by atoms with Gasteiger partial charge in [0.15, 0.2) is 0 Å². The molecule has 130 valence electrons. The van der Waals surface area contributed by atoms with Crippen LogP contribution in [0.5, 0.6) is 0 Å². The Morgan fingerprint density at radius 1 is 1.21 bits per heavy atom. The Morgan fingerprint density at radius 3 is 2.50 bits per heavy atom. The highest BCUT2D eigenvalue weighted by atomic mass is 79.9. The third-order valence-corrected chi connectivity index (χ3v) is 6.28. The largest absolute Gasteiger partial charge is 0.351 e. The van der Waals surface area contributed by atoms with Crippen molar-refractivity contribution in [3.05, 3.63) is 50.6 Å². The molecule has 0 atom stereocenters. The third-order valence-electron chi connectivity index (χ3n) is 2.86. The number of rotatable bonds is 8. The van der Waals surface area contributed by atoms with Crippen molar-refractivity contribution in [2.75, 3.05) is 23.3 Å². The van der Waals surface area contributed by atoms with Crippen molar-refractivity contribution in [2.45, 2.75) is 5.75 Å². The van der Waals surface area contributed by atoms with E-state index in [1.165, 1.54) is 4.88 Å². The van der Waals surface area contributed by atoms with Crippen molar-refractivity contribution in [1.29, 1.82) is 0 Å². The van der Waals surface area contributed by atoms with Crippen molar-refractivity contribution in [3.63, 3.8) is 0 Å². The van der Waals surface area contributed by atoms with Crippen LogP contribution in [0.25, 0.3) is 0 Å². The summed E-state index contributed by atoms with van der Waals surface area (Å²) >= 11 is 6.91. The Bertz CT molecular complexity index is 789. The van der Waals surface area contributed by atoms with E-state index in [-0.39, 0.29) is 5.91 Å². The highest BCUT2D eigenvalue weighted by molar-refractivity contribution is 9.11. The van der Waals surface area contributed by atoms with Crippen LogP contribution in [0.3, 0.4) is 0 Å². The van der Waals surface area contributed by atoms with Crippen molar-refractivity contribution in [1.82, 2.24) is 5.32 Å². The number of amides is 1. The molecule has 9 heteroatoms. The summed E-state index contributed by atoms with van der Waals surface area (Å²) in [7, 11) is -3.31. The summed E-state index contributed by atoms with van der Waals surface area (Å²) in [6, 6.07) is 10.5. The fraction of sp³-hybridized carbons (Fsp3) is 0.267. The molecule has 0 spiro atoms. The Morgan fingerprint density at radius 2 is 1.92 bits per heavy atom. The molecule has 2 rings (SSSR count). The Labute approximate surface area is 158 Å². The fourth-order valence-electron chi connectivity index (χ4n) is 1.84. The maximum Gasteiger partial charge on any atom is 0.251 e. The van der Waals surface area contributed by atoms with Gasteiger partial charge in [-0.15, -0.1) is 11.3 Å². The summed E-state index contributed by atoms with van der Waals surface area (Å²) in [5.74, 6) is 1.59. The summed E-state index contributed by atoms with van der Waals surface area (Å²) in [6.45, 7) is 0.583. The molecule has 1 aromatic heterocycles. The molecule has 0 aliphatic rings. The van der Waals surface area contributed by atoms with Gasteiger partial charge in [-0.05, 0) is 52.3 Å². The molecule has 0 saturated carbocycles. The molecule has 0 radical (unpaired) electrons. The molecule has 5 nitrogen and oxygen atoms in total. The molecular weight excluding hydrogens is 432 g/mol. The lowest BCUT2D eigenvalue weighted by Crippen LogP contribution is -2.25. The zero-order chi connectivity index (χ0) is 17.6. The maximum atomic E-state index is 12.0. The lowest BCUT2D eigenvalue weighted by molar-refractivity contribution is 0.0956. The molecule has 0 aliphatic carbocycles. The quantitative estimate of drug-likeness (QED) is 0.605. The number of carbonyl (C=O) groups is 1. The van der Waals surface area contributed by atoms with E-state index in [0.717, 1.165) is 21.5 Å². The standard InChI is InChI=1S/C15H17BrN2O3S3/c1-24(20,21)18-12-4-2-11(3-5-12)15(19)17-8-9-22-10-13-6-7-14(16)23-13/h2-7,18H,8-10H2,1H3,(H,17,19). The molecule has 0 aliphatic heterocycles. The summed E-state index contributed by atoms with van der Waals surface area (Å²) < 4.78 is 25.7. The van der Waals surface area contributed by atoms with Crippen LogP contribution >= 0.6 is 39.0 Å². The molecule has 2 N–H and O–H groups in total. The van der Waals surface area contributed by atoms with Gasteiger partial charge >= 0.3 is 0 Å². The Kier molecular flexibility index (Phi) is 7.15. The smallest absolute Gasteiger partial charge is 0.251 e. The SMILES string of the molecule is CS(=O)(=O)Nc1ccc(C(=O)NCCSCc2ccc(Br)s2)cc1. The van der Waals surface area contributed by atoms with E-state index in [1.54, 1.807) is 47.4 Å². The zero-order valence-electron chi connectivity index (χ0n) is 12.9. The predicted octanol–water partition coefficient (Wildman–Crippen LogP) is 3.55. The number of benzene rings is 1. The van der Waals surface area contributed by atoms with Crippen LogP contribution < -0.4 is 10.0 Å². The van der Waals surface area contributed by atoms with Crippen LogP contribution in [-0.4, -0.2) is 32.9 Å². The number of hydrogen-bond acceptors (Lipinski definition) is 5. The normalized spacial score (nSPS) is 11.2. The van der Waals surface area contributed by atoms with E-state index < -0.39 is 10.0 Å². The minimum Gasteiger partial charge on any atom is -0.351 e. The lowest BCUT2D eigenvalue weighted by atomic mass is 10.2. The van der Waals surface area contributed by atoms with E-state index in [4.69, 9.17) is 0 Å². The predicted molar refractivity (Wildman–Crippen MR) is 105 cm³/mol. The monoisotopic (exact) mass is 448 g/mol. The van der Waals surface area contributed by atoms with Crippen molar-refractivity contribution >= 4 is 60.6 Å². The second-order valence-corrected chi connectivity index (χ2v) is 10.4. The van der Waals surface area contributed by atoms with Crippen LogP contribution in [0.4, 0.5) is 5.69 Å². The van der Waals surface area contributed by atoms with Gasteiger partial charge in [0, 0.05) is 34.2 Å². The molecule has 0 bridgehead atoms. The number of anilines is 1. The molecule has 0 fully saturated rings. The molecule has 0 saturated heterocycles. The number of thiophene rings is 1. The first kappa shape index (κ1) is 19.3. The lowest BCUT2D eigenvalue weighted by Gasteiger charge is -2.07. The number of hydrogen-bond donors (Lipinski definition) is 2. The van der Waals surface area contributed by atoms with E-state index in [1.807, 2.05) is 6.07 Å². The fourth-order valence-corrected chi connectivity index (χ4v) is 4.86. The van der Waals surface area contributed by atoms with Gasteiger partial charge < -0.3 is 5.32 Å². The number of thioether (sulfide) groups is 1. The maximum absolute atomic E-state index is 12.0. The number of halogens is 1. The first-order valence-electron chi connectivity index (χ1n) is 7.01. The summed E-state index contributed by atoms with van der Waals surface area (Å²) in [5.41, 5.74) is 0.938. The van der Waals surface area contributed by atoms with Crippen molar-refractivity contribution in [3.8, 4) is 0 Å². The van der Waals surface area contributed by atoms with Crippen molar-refractivity contribution < 1.29 is 13.2 Å². The van der Waals surface area contributed by atoms with Gasteiger partial charge in [0.2, 0.25) is 10.0 Å².